The van der Waals surface area contributed by atoms with Crippen molar-refractivity contribution < 1.29 is 74.6 Å². The summed E-state index contributed by atoms with van der Waals surface area (Å²) < 4.78 is 32.9. The number of hydrogen-bond acceptors (Lipinski definition) is 5. The van der Waals surface area contributed by atoms with Gasteiger partial charge in [0.05, 0.1) is 4.90 Å². The van der Waals surface area contributed by atoms with Crippen LogP contribution in [0.3, 0.4) is 0 Å². The summed E-state index contributed by atoms with van der Waals surface area (Å²) >= 11 is 0. The van der Waals surface area contributed by atoms with Gasteiger partial charge in [-0.25, -0.2) is 8.42 Å². The molecular weight excluding hydrogens is 427 g/mol. The van der Waals surface area contributed by atoms with E-state index in [0.717, 1.165) is 37.3 Å². The second-order valence-electron chi connectivity index (χ2n) is 8.57. The zero-order valence-electron chi connectivity index (χ0n) is 19.2. The second kappa shape index (κ2) is 16.9. The molecule has 168 valence electrons. The van der Waals surface area contributed by atoms with E-state index in [1.54, 1.807) is 0 Å². The Bertz CT molecular complexity index is 666. The predicted molar refractivity (Wildman–Crippen MR) is 116 cm³/mol. The largest absolute Gasteiger partial charge is 1.00 e. The molecule has 1 rings (SSSR count). The first-order valence-corrected chi connectivity index (χ1v) is 12.6. The van der Waals surface area contributed by atoms with Crippen LogP contribution in [0.15, 0.2) is 17.0 Å². The zero-order valence-corrected chi connectivity index (χ0v) is 23.1. The Morgan fingerprint density at radius 1 is 0.767 bits per heavy atom. The van der Waals surface area contributed by atoms with Gasteiger partial charge in [0, 0.05) is 5.56 Å². The average Bonchev–Trinajstić information content (AvgIpc) is 2.62. The topological polar surface area (TPSA) is 97.7 Å². The maximum Gasteiger partial charge on any atom is 1.00 e. The van der Waals surface area contributed by atoms with Crippen molar-refractivity contribution in [3.8, 4) is 11.5 Å². The minimum atomic E-state index is -4.69. The summed E-state index contributed by atoms with van der Waals surface area (Å²) in [5.41, 5.74) is 0.311. The third-order valence-corrected chi connectivity index (χ3v) is 6.24. The van der Waals surface area contributed by atoms with E-state index in [-0.39, 0.29) is 62.9 Å². The molecule has 0 radical (unpaired) electrons. The SMILES string of the molecule is CC(C)CCCCCCCCCCCCCCc1c(O)cc(S(=O)(=O)[O-])cc1O.[K+]. The standard InChI is InChI=1S/C23H40O5S.K/c1-19(2)15-13-11-9-7-5-3-4-6-8-10-12-14-16-21-22(24)17-20(18-23(21)25)29(26,27)28;/h17-19,24-25H,3-16H2,1-2H3,(H,26,27,28);/q;+1/p-1. The van der Waals surface area contributed by atoms with Crippen LogP contribution in [0.25, 0.3) is 0 Å². The number of hydrogen-bond donors (Lipinski definition) is 2. The van der Waals surface area contributed by atoms with E-state index in [1.807, 2.05) is 0 Å². The molecule has 0 spiro atoms. The first-order chi connectivity index (χ1) is 13.7. The summed E-state index contributed by atoms with van der Waals surface area (Å²) in [6.07, 6.45) is 16.6. The molecule has 0 aliphatic carbocycles. The quantitative estimate of drug-likeness (QED) is 0.221. The van der Waals surface area contributed by atoms with E-state index in [1.165, 1.54) is 64.2 Å². The van der Waals surface area contributed by atoms with Gasteiger partial charge in [-0.05, 0) is 30.9 Å². The van der Waals surface area contributed by atoms with Crippen molar-refractivity contribution in [3.05, 3.63) is 17.7 Å². The molecule has 0 bridgehead atoms. The van der Waals surface area contributed by atoms with Crippen LogP contribution >= 0.6 is 0 Å². The van der Waals surface area contributed by atoms with Crippen molar-refractivity contribution >= 4 is 10.1 Å². The Labute approximate surface area is 226 Å². The van der Waals surface area contributed by atoms with E-state index in [0.29, 0.717) is 12.0 Å². The fourth-order valence-corrected chi connectivity index (χ4v) is 4.15. The van der Waals surface area contributed by atoms with Crippen LogP contribution in [-0.4, -0.2) is 23.2 Å². The van der Waals surface area contributed by atoms with Gasteiger partial charge < -0.3 is 14.8 Å². The van der Waals surface area contributed by atoms with Gasteiger partial charge in [-0.15, -0.1) is 0 Å². The molecule has 2 N–H and O–H groups in total. The van der Waals surface area contributed by atoms with Gasteiger partial charge in [-0.2, -0.15) is 0 Å². The van der Waals surface area contributed by atoms with Crippen LogP contribution in [0.1, 0.15) is 103 Å². The Balaban J connectivity index is 0.00000841. The van der Waals surface area contributed by atoms with E-state index in [2.05, 4.69) is 13.8 Å². The summed E-state index contributed by atoms with van der Waals surface area (Å²) in [6.45, 7) is 4.57. The number of phenolic OH excluding ortho intramolecular Hbond substituents is 2. The van der Waals surface area contributed by atoms with Gasteiger partial charge in [0.1, 0.15) is 21.6 Å². The molecule has 1 aromatic carbocycles. The van der Waals surface area contributed by atoms with Gasteiger partial charge in [-0.1, -0.05) is 90.9 Å². The Morgan fingerprint density at radius 2 is 1.13 bits per heavy atom. The Hall–Kier alpha value is 0.366. The average molecular weight is 467 g/mol. The van der Waals surface area contributed by atoms with Crippen molar-refractivity contribution in [2.45, 2.75) is 109 Å². The number of benzene rings is 1. The van der Waals surface area contributed by atoms with Crippen molar-refractivity contribution in [1.82, 2.24) is 0 Å². The Kier molecular flexibility index (Phi) is 17.1. The molecular formula is C23H39KO5S. The smallest absolute Gasteiger partial charge is 0.744 e. The Morgan fingerprint density at radius 3 is 1.50 bits per heavy atom. The van der Waals surface area contributed by atoms with Crippen LogP contribution in [-0.2, 0) is 16.5 Å². The maximum absolute atomic E-state index is 11.0. The number of rotatable bonds is 16. The molecule has 0 saturated heterocycles. The minimum absolute atomic E-state index is 0. The number of phenols is 2. The summed E-state index contributed by atoms with van der Waals surface area (Å²) in [7, 11) is -4.69. The molecule has 7 heteroatoms. The van der Waals surface area contributed by atoms with Crippen LogP contribution < -0.4 is 51.4 Å². The third kappa shape index (κ3) is 13.7. The molecule has 30 heavy (non-hydrogen) atoms. The van der Waals surface area contributed by atoms with Crippen molar-refractivity contribution in [2.24, 2.45) is 5.92 Å². The summed E-state index contributed by atoms with van der Waals surface area (Å²) in [6, 6.07) is 1.84. The van der Waals surface area contributed by atoms with Crippen LogP contribution in [0, 0.1) is 5.92 Å². The minimum Gasteiger partial charge on any atom is -0.744 e. The predicted octanol–water partition coefficient (Wildman–Crippen LogP) is 3.28. The van der Waals surface area contributed by atoms with Crippen LogP contribution in [0.2, 0.25) is 0 Å². The fraction of sp³-hybridized carbons (Fsp3) is 0.739. The second-order valence-corrected chi connectivity index (χ2v) is 9.95. The van der Waals surface area contributed by atoms with Gasteiger partial charge >= 0.3 is 51.4 Å². The van der Waals surface area contributed by atoms with E-state index >= 15 is 0 Å². The molecule has 0 aliphatic heterocycles. The molecule has 0 fully saturated rings. The zero-order chi connectivity index (χ0) is 21.7. The van der Waals surface area contributed by atoms with Crippen LogP contribution in [0.5, 0.6) is 11.5 Å². The molecule has 0 heterocycles. The molecule has 0 aliphatic rings. The molecule has 5 nitrogen and oxygen atoms in total. The summed E-state index contributed by atoms with van der Waals surface area (Å²) in [5, 5.41) is 19.8. The van der Waals surface area contributed by atoms with E-state index < -0.39 is 15.0 Å². The summed E-state index contributed by atoms with van der Waals surface area (Å²) in [5.74, 6) is 0.168. The van der Waals surface area contributed by atoms with Gasteiger partial charge in [0.2, 0.25) is 0 Å². The number of unbranched alkanes of at least 4 members (excludes halogenated alkanes) is 11. The molecule has 1 aromatic rings. The molecule has 0 atom stereocenters. The van der Waals surface area contributed by atoms with E-state index in [9.17, 15) is 23.2 Å². The van der Waals surface area contributed by atoms with E-state index in [4.69, 9.17) is 0 Å². The first kappa shape index (κ1) is 30.4. The summed E-state index contributed by atoms with van der Waals surface area (Å²) in [4.78, 5) is -0.605. The van der Waals surface area contributed by atoms with Crippen molar-refractivity contribution in [3.63, 3.8) is 0 Å². The van der Waals surface area contributed by atoms with Gasteiger partial charge in [0.15, 0.2) is 0 Å². The fourth-order valence-electron chi connectivity index (χ4n) is 3.64. The van der Waals surface area contributed by atoms with Crippen molar-refractivity contribution in [2.75, 3.05) is 0 Å². The van der Waals surface area contributed by atoms with Gasteiger partial charge in [0.25, 0.3) is 0 Å². The normalized spacial score (nSPS) is 11.6. The third-order valence-electron chi connectivity index (χ3n) is 5.42. The maximum atomic E-state index is 11.0. The van der Waals surface area contributed by atoms with Crippen LogP contribution in [0.4, 0.5) is 0 Å². The molecule has 0 aromatic heterocycles. The molecule has 0 amide bonds. The molecule has 0 unspecified atom stereocenters. The van der Waals surface area contributed by atoms with Crippen molar-refractivity contribution in [1.29, 1.82) is 0 Å². The first-order valence-electron chi connectivity index (χ1n) is 11.2. The monoisotopic (exact) mass is 466 g/mol. The molecule has 0 saturated carbocycles. The van der Waals surface area contributed by atoms with Gasteiger partial charge in [-0.3, -0.25) is 0 Å². The number of aromatic hydroxyl groups is 2.